The van der Waals surface area contributed by atoms with Gasteiger partial charge in [-0.2, -0.15) is 10.3 Å². The molecule has 0 aliphatic heterocycles. The molecule has 0 saturated carbocycles. The Kier molecular flexibility index (Phi) is 8.24. The van der Waals surface area contributed by atoms with Crippen LogP contribution in [0.4, 0.5) is 26.3 Å². The Morgan fingerprint density at radius 2 is 1.43 bits per heavy atom. The predicted octanol–water partition coefficient (Wildman–Crippen LogP) is 6.07. The molecule has 1 amide bonds. The highest BCUT2D eigenvalue weighted by atomic mass is 19.4. The van der Waals surface area contributed by atoms with Crippen molar-refractivity contribution in [1.82, 2.24) is 35.7 Å². The largest absolute Gasteiger partial charge is 0.573 e. The number of ether oxygens (including phenoxy) is 2. The first kappa shape index (κ1) is 30.1. The number of nitrogens with one attached hydrogen (secondary N) is 2. The van der Waals surface area contributed by atoms with Gasteiger partial charge in [-0.25, -0.2) is 0 Å². The van der Waals surface area contributed by atoms with Crippen LogP contribution in [-0.4, -0.2) is 49.0 Å². The van der Waals surface area contributed by atoms with Crippen LogP contribution in [-0.2, 0) is 6.54 Å². The zero-order chi connectivity index (χ0) is 31.5. The predicted molar refractivity (Wildman–Crippen MR) is 142 cm³/mol. The van der Waals surface area contributed by atoms with Crippen molar-refractivity contribution in [3.8, 4) is 34.0 Å². The maximum atomic E-state index is 12.7. The third-order valence-corrected chi connectivity index (χ3v) is 6.32. The quantitative estimate of drug-likeness (QED) is 0.193. The van der Waals surface area contributed by atoms with Gasteiger partial charge in [0.15, 0.2) is 5.82 Å². The van der Waals surface area contributed by atoms with Gasteiger partial charge in [0.05, 0.1) is 24.0 Å². The van der Waals surface area contributed by atoms with E-state index >= 15 is 0 Å². The number of alkyl halides is 6. The molecule has 0 fully saturated rings. The molecule has 2 heterocycles. The molecular weight excluding hydrogens is 596 g/mol. The number of rotatable bonds is 9. The van der Waals surface area contributed by atoms with Gasteiger partial charge in [-0.05, 0) is 79.2 Å². The van der Waals surface area contributed by atoms with E-state index in [1.165, 1.54) is 24.3 Å². The van der Waals surface area contributed by atoms with Crippen molar-refractivity contribution >= 4 is 5.91 Å². The number of benzene rings is 3. The maximum Gasteiger partial charge on any atom is 0.573 e. The van der Waals surface area contributed by atoms with Gasteiger partial charge in [0.1, 0.15) is 11.5 Å². The Labute approximate surface area is 244 Å². The molecule has 2 N–H and O–H groups in total. The molecule has 44 heavy (non-hydrogen) atoms. The highest BCUT2D eigenvalue weighted by molar-refractivity contribution is 5.94. The normalized spacial score (nSPS) is 12.5. The number of nitrogens with zero attached hydrogens (tertiary/aromatic N) is 5. The van der Waals surface area contributed by atoms with Crippen molar-refractivity contribution in [3.05, 3.63) is 95.8 Å². The molecule has 16 heteroatoms. The number of halogens is 6. The number of tetrazole rings is 1. The first-order valence-corrected chi connectivity index (χ1v) is 12.8. The molecular formula is C28H21F6N7O3. The Morgan fingerprint density at radius 1 is 0.864 bits per heavy atom. The van der Waals surface area contributed by atoms with Gasteiger partial charge in [-0.3, -0.25) is 9.48 Å². The summed E-state index contributed by atoms with van der Waals surface area (Å²) in [7, 11) is 0. The van der Waals surface area contributed by atoms with E-state index < -0.39 is 30.3 Å². The molecule has 0 aliphatic carbocycles. The van der Waals surface area contributed by atoms with Gasteiger partial charge in [0.25, 0.3) is 5.91 Å². The lowest BCUT2D eigenvalue weighted by molar-refractivity contribution is -0.275. The highest BCUT2D eigenvalue weighted by Gasteiger charge is 2.32. The average molecular weight is 618 g/mol. The summed E-state index contributed by atoms with van der Waals surface area (Å²) in [4.78, 5) is 12.5. The van der Waals surface area contributed by atoms with Crippen molar-refractivity contribution in [1.29, 1.82) is 0 Å². The van der Waals surface area contributed by atoms with E-state index in [2.05, 4.69) is 40.5 Å². The molecule has 228 valence electrons. The van der Waals surface area contributed by atoms with Crippen LogP contribution in [0.2, 0.25) is 0 Å². The Morgan fingerprint density at radius 3 is 1.95 bits per heavy atom. The summed E-state index contributed by atoms with van der Waals surface area (Å²) in [5.74, 6) is -0.869. The van der Waals surface area contributed by atoms with Gasteiger partial charge in [0.2, 0.25) is 0 Å². The van der Waals surface area contributed by atoms with Crippen LogP contribution in [0, 0.1) is 0 Å². The number of aromatic amines is 1. The number of carbonyl (C=O) groups is 1. The molecule has 0 radical (unpaired) electrons. The summed E-state index contributed by atoms with van der Waals surface area (Å²) in [5, 5.41) is 20.6. The number of carbonyl (C=O) groups excluding carboxylic acids is 1. The van der Waals surface area contributed by atoms with E-state index in [0.29, 0.717) is 33.9 Å². The smallest absolute Gasteiger partial charge is 0.406 e. The molecule has 1 atom stereocenters. The molecule has 3 aromatic carbocycles. The van der Waals surface area contributed by atoms with E-state index in [9.17, 15) is 31.1 Å². The second kappa shape index (κ2) is 12.1. The van der Waals surface area contributed by atoms with Crippen LogP contribution < -0.4 is 14.8 Å². The second-order valence-electron chi connectivity index (χ2n) is 9.31. The minimum absolute atomic E-state index is 0.0724. The summed E-state index contributed by atoms with van der Waals surface area (Å²) < 4.78 is 85.4. The molecule has 2 aromatic heterocycles. The summed E-state index contributed by atoms with van der Waals surface area (Å²) in [6, 6.07) is 18.2. The second-order valence-corrected chi connectivity index (χ2v) is 9.31. The van der Waals surface area contributed by atoms with Crippen LogP contribution in [0.1, 0.15) is 34.7 Å². The van der Waals surface area contributed by atoms with Crippen LogP contribution in [0.3, 0.4) is 0 Å². The van der Waals surface area contributed by atoms with Gasteiger partial charge in [-0.15, -0.1) is 36.5 Å². The molecule has 5 aromatic rings. The molecule has 0 spiro atoms. The molecule has 10 nitrogen and oxygen atoms in total. The summed E-state index contributed by atoms with van der Waals surface area (Å²) >= 11 is 0. The van der Waals surface area contributed by atoms with Crippen LogP contribution in [0.25, 0.3) is 22.5 Å². The molecule has 5 rings (SSSR count). The van der Waals surface area contributed by atoms with Crippen LogP contribution in [0.5, 0.6) is 11.5 Å². The van der Waals surface area contributed by atoms with Gasteiger partial charge < -0.3 is 14.8 Å². The van der Waals surface area contributed by atoms with Gasteiger partial charge >= 0.3 is 12.7 Å². The fraction of sp³-hybridized carbons (Fsp3) is 0.179. The van der Waals surface area contributed by atoms with E-state index in [1.807, 2.05) is 6.92 Å². The van der Waals surface area contributed by atoms with E-state index in [-0.39, 0.29) is 12.5 Å². The van der Waals surface area contributed by atoms with E-state index in [0.717, 1.165) is 29.8 Å². The minimum Gasteiger partial charge on any atom is -0.406 e. The molecule has 0 bridgehead atoms. The third kappa shape index (κ3) is 7.50. The van der Waals surface area contributed by atoms with Gasteiger partial charge in [-0.1, -0.05) is 17.3 Å². The van der Waals surface area contributed by atoms with E-state index in [1.54, 1.807) is 35.0 Å². The SMILES string of the molecule is CC(c1ccc(C(=O)NCc2nn[nH]n2)cc1)n1nc(-c2ccc(OC(F)(F)F)cc2)cc1-c1ccc(OC(F)(F)F)cc1. The maximum absolute atomic E-state index is 12.7. The Hall–Kier alpha value is -5.41. The summed E-state index contributed by atoms with van der Waals surface area (Å²) in [5.41, 5.74) is 2.97. The fourth-order valence-electron chi connectivity index (χ4n) is 4.27. The van der Waals surface area contributed by atoms with Crippen LogP contribution in [0.15, 0.2) is 78.9 Å². The first-order valence-electron chi connectivity index (χ1n) is 12.8. The lowest BCUT2D eigenvalue weighted by Gasteiger charge is -2.17. The fourth-order valence-corrected chi connectivity index (χ4v) is 4.27. The Bertz CT molecular complexity index is 1700. The third-order valence-electron chi connectivity index (χ3n) is 6.32. The number of hydrogen-bond donors (Lipinski definition) is 2. The summed E-state index contributed by atoms with van der Waals surface area (Å²) in [6.45, 7) is 1.90. The molecule has 0 aliphatic rings. The standard InChI is InChI=1S/C28H21F6N7O3/c1-16(17-2-4-20(5-3-17)26(42)35-15-25-36-39-40-37-25)41-24(19-8-12-22(13-9-19)44-28(32,33)34)14-23(38-41)18-6-10-21(11-7-18)43-27(29,30)31/h2-14,16H,15H2,1H3,(H,35,42)(H,36,37,39,40). The average Bonchev–Trinajstić information content (AvgIpc) is 3.66. The zero-order valence-electron chi connectivity index (χ0n) is 22.5. The Balaban J connectivity index is 1.43. The summed E-state index contributed by atoms with van der Waals surface area (Å²) in [6.07, 6.45) is -9.71. The van der Waals surface area contributed by atoms with Crippen molar-refractivity contribution in [3.63, 3.8) is 0 Å². The monoisotopic (exact) mass is 617 g/mol. The lowest BCUT2D eigenvalue weighted by atomic mass is 10.0. The number of H-pyrrole nitrogens is 1. The molecule has 1 unspecified atom stereocenters. The number of amides is 1. The van der Waals surface area contributed by atoms with Crippen molar-refractivity contribution in [2.24, 2.45) is 0 Å². The molecule has 0 saturated heterocycles. The zero-order valence-corrected chi connectivity index (χ0v) is 22.5. The van der Waals surface area contributed by atoms with Crippen molar-refractivity contribution in [2.75, 3.05) is 0 Å². The topological polar surface area (TPSA) is 120 Å². The minimum atomic E-state index is -4.86. The van der Waals surface area contributed by atoms with Crippen LogP contribution >= 0.6 is 0 Å². The number of aromatic nitrogens is 6. The lowest BCUT2D eigenvalue weighted by Crippen LogP contribution is -2.23. The van der Waals surface area contributed by atoms with Gasteiger partial charge in [0, 0.05) is 16.7 Å². The highest BCUT2D eigenvalue weighted by Crippen LogP contribution is 2.34. The van der Waals surface area contributed by atoms with E-state index in [4.69, 9.17) is 0 Å². The van der Waals surface area contributed by atoms with Crippen molar-refractivity contribution < 1.29 is 40.6 Å². The van der Waals surface area contributed by atoms with Crippen molar-refractivity contribution in [2.45, 2.75) is 32.2 Å². The number of hydrogen-bond acceptors (Lipinski definition) is 7. The first-order chi connectivity index (χ1) is 20.8.